The number of nitriles is 1. The molecule has 3 atom stereocenters. The van der Waals surface area contributed by atoms with Gasteiger partial charge in [-0.2, -0.15) is 15.2 Å². The number of benzene rings is 1. The van der Waals surface area contributed by atoms with Crippen LogP contribution in [0.2, 0.25) is 0 Å². The largest absolute Gasteiger partial charge is 0.462 e. The Morgan fingerprint density at radius 2 is 2.02 bits per heavy atom. The maximum absolute atomic E-state index is 12.5. The summed E-state index contributed by atoms with van der Waals surface area (Å²) >= 11 is 0. The van der Waals surface area contributed by atoms with Crippen molar-refractivity contribution in [3.63, 3.8) is 0 Å². The molecular weight excluding hydrogens is 514 g/mol. The highest BCUT2D eigenvalue weighted by atomic mass is 16.5. The van der Waals surface area contributed by atoms with Crippen LogP contribution in [0, 0.1) is 11.3 Å². The molecule has 41 heavy (non-hydrogen) atoms. The van der Waals surface area contributed by atoms with Crippen LogP contribution in [0.3, 0.4) is 0 Å². The van der Waals surface area contributed by atoms with Crippen LogP contribution in [0.4, 0.5) is 11.5 Å². The number of fused-ring (bicyclic) bond motifs is 2. The van der Waals surface area contributed by atoms with Gasteiger partial charge in [0.15, 0.2) is 0 Å². The number of ether oxygens (including phenoxy) is 1. The Kier molecular flexibility index (Phi) is 8.11. The third-order valence-electron chi connectivity index (χ3n) is 9.45. The lowest BCUT2D eigenvalue weighted by Crippen LogP contribution is -2.55. The number of para-hydroxylation sites is 1. The van der Waals surface area contributed by atoms with E-state index in [2.05, 4.69) is 58.5 Å². The third-order valence-corrected chi connectivity index (χ3v) is 9.45. The molecule has 2 aromatic rings. The molecule has 3 aliphatic heterocycles. The zero-order valence-electron chi connectivity index (χ0n) is 24.2. The number of rotatable bonds is 8. The van der Waals surface area contributed by atoms with E-state index in [9.17, 15) is 10.1 Å². The summed E-state index contributed by atoms with van der Waals surface area (Å²) in [6.45, 7) is 11.4. The molecule has 9 heteroatoms. The van der Waals surface area contributed by atoms with E-state index in [0.717, 1.165) is 63.3 Å². The number of likely N-dealkylation sites (tertiary alicyclic amines) is 1. The zero-order chi connectivity index (χ0) is 28.3. The number of carbonyl (C=O) groups excluding carboxylic acids is 1. The number of carbonyl (C=O) groups is 1. The van der Waals surface area contributed by atoms with Gasteiger partial charge in [0, 0.05) is 55.9 Å². The number of nitrogens with zero attached hydrogens (tertiary/aromatic N) is 7. The Bertz CT molecular complexity index is 1320. The first-order valence-electron chi connectivity index (χ1n) is 15.3. The van der Waals surface area contributed by atoms with Crippen molar-refractivity contribution in [1.29, 1.82) is 5.26 Å². The van der Waals surface area contributed by atoms with Gasteiger partial charge in [-0.1, -0.05) is 31.7 Å². The average molecular weight is 556 g/mol. The summed E-state index contributed by atoms with van der Waals surface area (Å²) in [5.41, 5.74) is 5.05. The molecule has 1 aromatic carbocycles. The molecule has 0 saturated carbocycles. The van der Waals surface area contributed by atoms with Gasteiger partial charge in [-0.15, -0.1) is 0 Å². The number of piperazine rings is 1. The second-order valence-electron chi connectivity index (χ2n) is 11.7. The lowest BCUT2D eigenvalue weighted by atomic mass is 9.90. The summed E-state index contributed by atoms with van der Waals surface area (Å²) in [5.74, 6) is 0.794. The molecule has 1 aromatic heterocycles. The highest BCUT2D eigenvalue weighted by molar-refractivity contribution is 5.87. The van der Waals surface area contributed by atoms with Crippen molar-refractivity contribution >= 4 is 17.4 Å². The predicted molar refractivity (Wildman–Crippen MR) is 159 cm³/mol. The Morgan fingerprint density at radius 3 is 2.85 bits per heavy atom. The standard InChI is InChI=1S/C32H41N7O2/c1-3-30(40)39-19-18-37(21-25(39)13-15-33)31-27-12-11-24(38-17-14-23-8-5-6-10-29(23)38)20-28(27)34-32(35-31)41-22-26-9-7-16-36(26)4-2/h3,5-6,8,10,24-26H,1,4,7,9,11-14,16-22H2,2H3. The van der Waals surface area contributed by atoms with E-state index >= 15 is 0 Å². The number of aromatic nitrogens is 2. The molecular formula is C32H41N7O2. The topological polar surface area (TPSA) is 88.8 Å². The molecule has 0 spiro atoms. The molecule has 216 valence electrons. The minimum absolute atomic E-state index is 0.121. The number of anilines is 2. The van der Waals surface area contributed by atoms with Gasteiger partial charge in [0.1, 0.15) is 12.4 Å². The first-order valence-corrected chi connectivity index (χ1v) is 15.3. The first kappa shape index (κ1) is 27.5. The van der Waals surface area contributed by atoms with Gasteiger partial charge in [-0.3, -0.25) is 9.69 Å². The number of hydrogen-bond acceptors (Lipinski definition) is 8. The molecule has 0 bridgehead atoms. The van der Waals surface area contributed by atoms with Crippen molar-refractivity contribution in [2.75, 3.05) is 55.7 Å². The van der Waals surface area contributed by atoms with Gasteiger partial charge in [-0.05, 0) is 62.9 Å². The van der Waals surface area contributed by atoms with Gasteiger partial charge in [-0.25, -0.2) is 0 Å². The zero-order valence-corrected chi connectivity index (χ0v) is 24.2. The molecule has 2 fully saturated rings. The first-order chi connectivity index (χ1) is 20.1. The summed E-state index contributed by atoms with van der Waals surface area (Å²) in [7, 11) is 0. The molecule has 0 radical (unpaired) electrons. The van der Waals surface area contributed by atoms with Gasteiger partial charge in [0.25, 0.3) is 0 Å². The minimum atomic E-state index is -0.205. The van der Waals surface area contributed by atoms with E-state index in [1.807, 2.05) is 0 Å². The third kappa shape index (κ3) is 5.50. The minimum Gasteiger partial charge on any atom is -0.462 e. The monoisotopic (exact) mass is 555 g/mol. The van der Waals surface area contributed by atoms with Gasteiger partial charge < -0.3 is 19.4 Å². The van der Waals surface area contributed by atoms with Crippen molar-refractivity contribution in [2.24, 2.45) is 0 Å². The Hall–Kier alpha value is -3.64. The summed E-state index contributed by atoms with van der Waals surface area (Å²) in [6.07, 6.45) is 7.85. The molecule has 6 rings (SSSR count). The Labute approximate surface area is 243 Å². The fourth-order valence-electron chi connectivity index (χ4n) is 7.30. The number of likely N-dealkylation sites (N-methyl/N-ethyl adjacent to an activating group) is 1. The fraction of sp³-hybridized carbons (Fsp3) is 0.562. The highest BCUT2D eigenvalue weighted by Crippen LogP contribution is 2.37. The quantitative estimate of drug-likeness (QED) is 0.458. The maximum atomic E-state index is 12.5. The Morgan fingerprint density at radius 1 is 1.15 bits per heavy atom. The van der Waals surface area contributed by atoms with E-state index in [0.29, 0.717) is 44.3 Å². The van der Waals surface area contributed by atoms with Gasteiger partial charge >= 0.3 is 6.01 Å². The summed E-state index contributed by atoms with van der Waals surface area (Å²) < 4.78 is 6.35. The molecule has 1 amide bonds. The van der Waals surface area contributed by atoms with Crippen LogP contribution in [-0.2, 0) is 24.1 Å². The van der Waals surface area contributed by atoms with Crippen molar-refractivity contribution in [2.45, 2.75) is 70.0 Å². The Balaban J connectivity index is 1.28. The molecule has 4 aliphatic rings. The van der Waals surface area contributed by atoms with E-state index in [-0.39, 0.29) is 18.4 Å². The summed E-state index contributed by atoms with van der Waals surface area (Å²) in [5, 5.41) is 9.52. The predicted octanol–water partition coefficient (Wildman–Crippen LogP) is 3.38. The van der Waals surface area contributed by atoms with Crippen molar-refractivity contribution in [3.8, 4) is 12.1 Å². The van der Waals surface area contributed by atoms with Crippen LogP contribution >= 0.6 is 0 Å². The van der Waals surface area contributed by atoms with E-state index in [1.54, 1.807) is 4.90 Å². The van der Waals surface area contributed by atoms with Crippen LogP contribution in [0.25, 0.3) is 0 Å². The van der Waals surface area contributed by atoms with Gasteiger partial charge in [0.2, 0.25) is 5.91 Å². The normalized spacial score (nSPS) is 24.1. The van der Waals surface area contributed by atoms with Crippen molar-refractivity contribution in [1.82, 2.24) is 19.8 Å². The molecule has 1 aliphatic carbocycles. The van der Waals surface area contributed by atoms with E-state index in [4.69, 9.17) is 14.7 Å². The van der Waals surface area contributed by atoms with Crippen LogP contribution < -0.4 is 14.5 Å². The molecule has 2 saturated heterocycles. The maximum Gasteiger partial charge on any atom is 0.318 e. The molecule has 4 heterocycles. The van der Waals surface area contributed by atoms with Gasteiger partial charge in [0.05, 0.1) is 24.2 Å². The highest BCUT2D eigenvalue weighted by Gasteiger charge is 2.36. The second kappa shape index (κ2) is 12.1. The van der Waals surface area contributed by atoms with Crippen molar-refractivity contribution < 1.29 is 9.53 Å². The van der Waals surface area contributed by atoms with Crippen molar-refractivity contribution in [3.05, 3.63) is 53.7 Å². The number of hydrogen-bond donors (Lipinski definition) is 0. The smallest absolute Gasteiger partial charge is 0.318 e. The van der Waals surface area contributed by atoms with E-state index in [1.165, 1.54) is 29.3 Å². The van der Waals surface area contributed by atoms with Crippen LogP contribution in [0.5, 0.6) is 6.01 Å². The summed E-state index contributed by atoms with van der Waals surface area (Å²) in [6, 6.07) is 12.1. The lowest BCUT2D eigenvalue weighted by Gasteiger charge is -2.42. The van der Waals surface area contributed by atoms with Crippen LogP contribution in [0.1, 0.15) is 49.4 Å². The molecule has 9 nitrogen and oxygen atoms in total. The summed E-state index contributed by atoms with van der Waals surface area (Å²) in [4.78, 5) is 31.6. The van der Waals surface area contributed by atoms with E-state index < -0.39 is 0 Å². The fourth-order valence-corrected chi connectivity index (χ4v) is 7.30. The SMILES string of the molecule is C=CC(=O)N1CCN(c2nc(OCC3CCCN3CC)nc3c2CCC(N2CCc4ccccc42)C3)CC1CC#N. The average Bonchev–Trinajstić information content (AvgIpc) is 3.66. The van der Waals surface area contributed by atoms with Crippen LogP contribution in [0.15, 0.2) is 36.9 Å². The number of amides is 1. The second-order valence-corrected chi connectivity index (χ2v) is 11.7. The molecule has 3 unspecified atom stereocenters. The molecule has 0 N–H and O–H groups in total. The van der Waals surface area contributed by atoms with Crippen LogP contribution in [-0.4, -0.2) is 89.7 Å². The lowest BCUT2D eigenvalue weighted by molar-refractivity contribution is -0.128.